The number of hydrogen-bond acceptors (Lipinski definition) is 7. The second-order valence-corrected chi connectivity index (χ2v) is 11.6. The van der Waals surface area contributed by atoms with E-state index in [0.29, 0.717) is 67.8 Å². The van der Waals surface area contributed by atoms with Gasteiger partial charge in [0.25, 0.3) is 0 Å². The van der Waals surface area contributed by atoms with Crippen molar-refractivity contribution < 1.29 is 28.2 Å². The van der Waals surface area contributed by atoms with Gasteiger partial charge in [0.05, 0.1) is 36.7 Å². The zero-order valence-electron chi connectivity index (χ0n) is 24.1. The largest absolute Gasteiger partial charge is 0.493 e. The SMILES string of the molecule is C=C1C(COC)=C(C(O)C=O)C=C2c3nc4cc5c(cc4c(CCc4cc(F)c(N6CCCC6)c(F)c4)c3CN12)OCC5. The molecule has 7 nitrogen and oxygen atoms in total. The van der Waals surface area contributed by atoms with E-state index in [1.54, 1.807) is 18.1 Å². The summed E-state index contributed by atoms with van der Waals surface area (Å²) in [6.07, 6.45) is 4.60. The van der Waals surface area contributed by atoms with Gasteiger partial charge in [-0.2, -0.15) is 0 Å². The number of ether oxygens (including phenoxy) is 2. The van der Waals surface area contributed by atoms with Gasteiger partial charge in [-0.3, -0.25) is 0 Å². The fourth-order valence-corrected chi connectivity index (χ4v) is 6.95. The molecule has 4 aliphatic rings. The van der Waals surface area contributed by atoms with Crippen LogP contribution in [0.4, 0.5) is 14.5 Å². The minimum absolute atomic E-state index is 0.0687. The van der Waals surface area contributed by atoms with Crippen molar-refractivity contribution in [3.05, 3.63) is 93.3 Å². The molecule has 222 valence electrons. The summed E-state index contributed by atoms with van der Waals surface area (Å²) < 4.78 is 41.7. The summed E-state index contributed by atoms with van der Waals surface area (Å²) >= 11 is 0. The maximum atomic E-state index is 15.2. The van der Waals surface area contributed by atoms with Crippen molar-refractivity contribution in [2.75, 3.05) is 38.3 Å². The van der Waals surface area contributed by atoms with E-state index < -0.39 is 17.7 Å². The average molecular weight is 586 g/mol. The van der Waals surface area contributed by atoms with Gasteiger partial charge in [-0.05, 0) is 78.3 Å². The number of hydrogen-bond donors (Lipinski definition) is 1. The van der Waals surface area contributed by atoms with Crippen molar-refractivity contribution in [2.45, 2.75) is 44.8 Å². The number of aliphatic hydroxyl groups is 1. The molecular weight excluding hydrogens is 552 g/mol. The number of pyridine rings is 1. The van der Waals surface area contributed by atoms with E-state index in [1.807, 2.05) is 11.0 Å². The van der Waals surface area contributed by atoms with Crippen LogP contribution in [0.5, 0.6) is 5.75 Å². The number of rotatable bonds is 8. The number of anilines is 1. The van der Waals surface area contributed by atoms with Crippen LogP contribution >= 0.6 is 0 Å². The fraction of sp³-hybridized carbons (Fsp3) is 0.353. The molecule has 0 aliphatic carbocycles. The summed E-state index contributed by atoms with van der Waals surface area (Å²) in [5, 5.41) is 11.5. The maximum absolute atomic E-state index is 15.2. The number of nitrogens with zero attached hydrogens (tertiary/aromatic N) is 3. The molecule has 4 aliphatic heterocycles. The number of aliphatic hydroxyl groups excluding tert-OH is 1. The van der Waals surface area contributed by atoms with Gasteiger partial charge in [0.15, 0.2) is 6.29 Å². The van der Waals surface area contributed by atoms with Crippen molar-refractivity contribution >= 4 is 28.6 Å². The molecule has 0 spiro atoms. The monoisotopic (exact) mass is 585 g/mol. The third kappa shape index (κ3) is 4.62. The summed E-state index contributed by atoms with van der Waals surface area (Å²) in [6.45, 7) is 6.90. The normalized spacial score (nSPS) is 18.1. The molecule has 2 aromatic carbocycles. The Bertz CT molecular complexity index is 1720. The first-order chi connectivity index (χ1) is 20.9. The van der Waals surface area contributed by atoms with E-state index in [4.69, 9.17) is 14.5 Å². The average Bonchev–Trinajstić information content (AvgIpc) is 3.76. The molecule has 5 heterocycles. The number of aryl methyl sites for hydroxylation is 2. The standard InChI is InChI=1S/C34H33F2N3O4/c1-19-26(18-42-2)24(31(41)17-40)14-30-33-25(16-39(19)30)22(23-15-32-21(7-10-43-32)13-29(23)37-33)6-5-20-11-27(35)34(28(36)12-20)38-8-3-4-9-38/h11-15,17,31,41H,1,3-10,16,18H2,2H3. The minimum Gasteiger partial charge on any atom is -0.493 e. The molecule has 0 saturated carbocycles. The van der Waals surface area contributed by atoms with Gasteiger partial charge in [0.1, 0.15) is 29.2 Å². The lowest BCUT2D eigenvalue weighted by molar-refractivity contribution is -0.113. The van der Waals surface area contributed by atoms with Crippen LogP contribution in [0.1, 0.15) is 40.8 Å². The number of benzene rings is 2. The highest BCUT2D eigenvalue weighted by atomic mass is 19.1. The van der Waals surface area contributed by atoms with E-state index >= 15 is 8.78 Å². The highest BCUT2D eigenvalue weighted by molar-refractivity contribution is 5.91. The van der Waals surface area contributed by atoms with Gasteiger partial charge < -0.3 is 29.2 Å². The van der Waals surface area contributed by atoms with Crippen molar-refractivity contribution in [3.8, 4) is 5.75 Å². The van der Waals surface area contributed by atoms with Crippen LogP contribution in [-0.4, -0.2) is 60.8 Å². The highest BCUT2D eigenvalue weighted by Crippen LogP contribution is 2.45. The molecule has 1 aromatic heterocycles. The molecule has 9 heteroatoms. The molecule has 1 atom stereocenters. The zero-order valence-corrected chi connectivity index (χ0v) is 24.1. The molecule has 3 aromatic rings. The molecule has 1 N–H and O–H groups in total. The molecule has 1 fully saturated rings. The topological polar surface area (TPSA) is 75.1 Å². The van der Waals surface area contributed by atoms with Crippen LogP contribution in [0.3, 0.4) is 0 Å². The second-order valence-electron chi connectivity index (χ2n) is 11.6. The third-order valence-electron chi connectivity index (χ3n) is 9.08. The molecule has 7 rings (SSSR count). The summed E-state index contributed by atoms with van der Waals surface area (Å²) in [6, 6.07) is 7.01. The van der Waals surface area contributed by atoms with Crippen LogP contribution in [-0.2, 0) is 35.3 Å². The summed E-state index contributed by atoms with van der Waals surface area (Å²) in [5.74, 6) is -0.212. The van der Waals surface area contributed by atoms with Crippen molar-refractivity contribution in [1.29, 1.82) is 0 Å². The quantitative estimate of drug-likeness (QED) is 0.372. The van der Waals surface area contributed by atoms with Crippen molar-refractivity contribution in [1.82, 2.24) is 9.88 Å². The van der Waals surface area contributed by atoms with E-state index in [-0.39, 0.29) is 12.3 Å². The van der Waals surface area contributed by atoms with Crippen LogP contribution < -0.4 is 9.64 Å². The van der Waals surface area contributed by atoms with Crippen LogP contribution in [0.2, 0.25) is 0 Å². The molecule has 0 bridgehead atoms. The van der Waals surface area contributed by atoms with Gasteiger partial charge in [-0.1, -0.05) is 6.58 Å². The second kappa shape index (κ2) is 10.9. The summed E-state index contributed by atoms with van der Waals surface area (Å²) in [4.78, 5) is 20.5. The Kier molecular flexibility index (Phi) is 7.02. The minimum atomic E-state index is -1.32. The van der Waals surface area contributed by atoms with Crippen molar-refractivity contribution in [3.63, 3.8) is 0 Å². The number of aromatic nitrogens is 1. The van der Waals surface area contributed by atoms with Crippen molar-refractivity contribution in [2.24, 2.45) is 0 Å². The van der Waals surface area contributed by atoms with Crippen LogP contribution in [0.25, 0.3) is 16.6 Å². The Labute approximate surface area is 248 Å². The van der Waals surface area contributed by atoms with Gasteiger partial charge in [-0.25, -0.2) is 13.8 Å². The van der Waals surface area contributed by atoms with E-state index in [2.05, 4.69) is 12.6 Å². The number of carbonyl (C=O) groups is 1. The molecule has 0 amide bonds. The predicted octanol–water partition coefficient (Wildman–Crippen LogP) is 5.02. The number of carbonyl (C=O) groups excluding carboxylic acids is 1. The Morgan fingerprint density at radius 1 is 1.16 bits per heavy atom. The highest BCUT2D eigenvalue weighted by Gasteiger charge is 2.36. The molecule has 43 heavy (non-hydrogen) atoms. The Morgan fingerprint density at radius 3 is 2.65 bits per heavy atom. The summed E-state index contributed by atoms with van der Waals surface area (Å²) in [7, 11) is 1.56. The first kappa shape index (κ1) is 27.7. The van der Waals surface area contributed by atoms with Gasteiger partial charge in [-0.15, -0.1) is 0 Å². The lowest BCUT2D eigenvalue weighted by Crippen LogP contribution is -2.26. The number of methoxy groups -OCH3 is 1. The fourth-order valence-electron chi connectivity index (χ4n) is 6.95. The van der Waals surface area contributed by atoms with E-state index in [1.165, 1.54) is 12.1 Å². The van der Waals surface area contributed by atoms with E-state index in [9.17, 15) is 9.90 Å². The number of fused-ring (bicyclic) bond motifs is 5. The predicted molar refractivity (Wildman–Crippen MR) is 160 cm³/mol. The number of aldehydes is 1. The van der Waals surface area contributed by atoms with Gasteiger partial charge in [0, 0.05) is 48.8 Å². The lowest BCUT2D eigenvalue weighted by Gasteiger charge is -2.31. The third-order valence-corrected chi connectivity index (χ3v) is 9.08. The van der Waals surface area contributed by atoms with Crippen LogP contribution in [0.15, 0.2) is 53.8 Å². The van der Waals surface area contributed by atoms with Gasteiger partial charge >= 0.3 is 0 Å². The molecular formula is C34H33F2N3O4. The first-order valence-corrected chi connectivity index (χ1v) is 14.8. The molecule has 0 radical (unpaired) electrons. The number of halogens is 2. The Morgan fingerprint density at radius 2 is 1.93 bits per heavy atom. The first-order valence-electron chi connectivity index (χ1n) is 14.8. The van der Waals surface area contributed by atoms with E-state index in [0.717, 1.165) is 64.0 Å². The lowest BCUT2D eigenvalue weighted by atomic mass is 9.93. The summed E-state index contributed by atoms with van der Waals surface area (Å²) in [5.41, 5.74) is 7.78. The smallest absolute Gasteiger partial charge is 0.153 e. The maximum Gasteiger partial charge on any atom is 0.153 e. The van der Waals surface area contributed by atoms with Gasteiger partial charge in [0.2, 0.25) is 0 Å². The molecule has 1 unspecified atom stereocenters. The zero-order chi connectivity index (χ0) is 29.8. The van der Waals surface area contributed by atoms with Crippen LogP contribution in [0, 0.1) is 11.6 Å². The molecule has 1 saturated heterocycles. The Balaban J connectivity index is 1.32. The Hall–Kier alpha value is -4.08.